The average Bonchev–Trinajstić information content (AvgIpc) is 3.37. The van der Waals surface area contributed by atoms with Crippen molar-refractivity contribution in [3.8, 4) is 11.5 Å². The summed E-state index contributed by atoms with van der Waals surface area (Å²) in [4.78, 5) is 32.1. The van der Waals surface area contributed by atoms with Gasteiger partial charge in [0.15, 0.2) is 0 Å². The Bertz CT molecular complexity index is 1540. The van der Waals surface area contributed by atoms with Crippen LogP contribution in [-0.4, -0.2) is 48.3 Å². The molecule has 0 bridgehead atoms. The molecule has 0 spiro atoms. The van der Waals surface area contributed by atoms with Gasteiger partial charge >= 0.3 is 12.3 Å². The van der Waals surface area contributed by atoms with E-state index in [1.165, 1.54) is 44.1 Å². The number of hydrogen-bond acceptors (Lipinski definition) is 7. The zero-order valence-electron chi connectivity index (χ0n) is 23.7. The number of anilines is 2. The molecule has 1 atom stereocenters. The smallest absolute Gasteiger partial charge is 0.497 e. The molecule has 0 radical (unpaired) electrons. The third-order valence-corrected chi connectivity index (χ3v) is 6.95. The summed E-state index contributed by atoms with van der Waals surface area (Å²) in [6.45, 7) is 4.60. The Morgan fingerprint density at radius 2 is 1.74 bits per heavy atom. The summed E-state index contributed by atoms with van der Waals surface area (Å²) in [5.74, 6) is -1.63. The highest BCUT2D eigenvalue weighted by molar-refractivity contribution is 6.30. The van der Waals surface area contributed by atoms with E-state index in [1.54, 1.807) is 49.4 Å². The number of oxime groups is 1. The number of halogens is 4. The van der Waals surface area contributed by atoms with Crippen molar-refractivity contribution in [2.75, 3.05) is 23.9 Å². The standard InChI is InChI=1S/C30H29ClF3N3O6/c1-17(36-43-29(2,3)28(39)40)20-13-22(15-24(14-20)41-4)35-26(19-5-8-21(31)9-6-19)27(38)37-12-11-18-7-10-23(16-25(18)37)42-30(32,33)34/h5-10,13-16,26,35H,11-12H2,1-4H3,(H,39,40)/b36-17+. The van der Waals surface area contributed by atoms with Crippen LogP contribution in [0.5, 0.6) is 11.5 Å². The van der Waals surface area contributed by atoms with Gasteiger partial charge in [-0.15, -0.1) is 13.2 Å². The first-order valence-corrected chi connectivity index (χ1v) is 13.4. The van der Waals surface area contributed by atoms with Crippen LogP contribution < -0.4 is 19.7 Å². The van der Waals surface area contributed by atoms with Gasteiger partial charge in [-0.1, -0.05) is 35.0 Å². The minimum absolute atomic E-state index is 0.251. The second kappa shape index (κ2) is 12.4. The summed E-state index contributed by atoms with van der Waals surface area (Å²) in [7, 11) is 1.46. The summed E-state index contributed by atoms with van der Waals surface area (Å²) in [5.41, 5.74) is 1.32. The molecule has 1 heterocycles. The minimum Gasteiger partial charge on any atom is -0.497 e. The van der Waals surface area contributed by atoms with Gasteiger partial charge in [-0.2, -0.15) is 0 Å². The molecule has 0 aromatic heterocycles. The van der Waals surface area contributed by atoms with Crippen molar-refractivity contribution in [3.05, 3.63) is 82.4 Å². The molecule has 228 valence electrons. The Balaban J connectivity index is 1.70. The summed E-state index contributed by atoms with van der Waals surface area (Å²) < 4.78 is 48.2. The molecule has 43 heavy (non-hydrogen) atoms. The molecule has 0 saturated heterocycles. The van der Waals surface area contributed by atoms with Gasteiger partial charge < -0.3 is 29.6 Å². The molecule has 3 aromatic carbocycles. The zero-order chi connectivity index (χ0) is 31.5. The molecular formula is C30H29ClF3N3O6. The minimum atomic E-state index is -4.88. The first-order chi connectivity index (χ1) is 20.2. The fraction of sp³-hybridized carbons (Fsp3) is 0.300. The van der Waals surface area contributed by atoms with E-state index in [9.17, 15) is 27.9 Å². The van der Waals surface area contributed by atoms with Gasteiger partial charge in [0, 0.05) is 35.0 Å². The lowest BCUT2D eigenvalue weighted by molar-refractivity contribution is -0.274. The topological polar surface area (TPSA) is 110 Å². The second-order valence-electron chi connectivity index (χ2n) is 10.2. The van der Waals surface area contributed by atoms with Crippen molar-refractivity contribution in [3.63, 3.8) is 0 Å². The predicted molar refractivity (Wildman–Crippen MR) is 155 cm³/mol. The number of nitrogens with zero attached hydrogens (tertiary/aromatic N) is 2. The predicted octanol–water partition coefficient (Wildman–Crippen LogP) is 6.59. The highest BCUT2D eigenvalue weighted by atomic mass is 35.5. The van der Waals surface area contributed by atoms with Gasteiger partial charge in [-0.05, 0) is 68.7 Å². The molecule has 0 aliphatic carbocycles. The molecule has 4 rings (SSSR count). The lowest BCUT2D eigenvalue weighted by Gasteiger charge is -2.27. The number of nitrogens with one attached hydrogen (secondary N) is 1. The third-order valence-electron chi connectivity index (χ3n) is 6.70. The van der Waals surface area contributed by atoms with Crippen LogP contribution in [0.15, 0.2) is 65.8 Å². The van der Waals surface area contributed by atoms with Gasteiger partial charge in [-0.3, -0.25) is 4.79 Å². The molecule has 0 fully saturated rings. The van der Waals surface area contributed by atoms with E-state index in [0.717, 1.165) is 0 Å². The molecule has 3 aromatic rings. The largest absolute Gasteiger partial charge is 0.573 e. The Morgan fingerprint density at radius 3 is 2.37 bits per heavy atom. The number of carboxylic acids is 1. The van der Waals surface area contributed by atoms with E-state index in [2.05, 4.69) is 15.2 Å². The first kappa shape index (κ1) is 31.5. The first-order valence-electron chi connectivity index (χ1n) is 13.0. The summed E-state index contributed by atoms with van der Waals surface area (Å²) >= 11 is 6.10. The second-order valence-corrected chi connectivity index (χ2v) is 10.7. The summed E-state index contributed by atoms with van der Waals surface area (Å²) in [6, 6.07) is 14.5. The number of ether oxygens (including phenoxy) is 2. The normalized spacial score (nSPS) is 14.1. The molecule has 0 saturated carbocycles. The number of hydrogen-bond donors (Lipinski definition) is 2. The van der Waals surface area contributed by atoms with Crippen molar-refractivity contribution < 1.29 is 42.2 Å². The lowest BCUT2D eigenvalue weighted by Crippen LogP contribution is -2.37. The highest BCUT2D eigenvalue weighted by Gasteiger charge is 2.35. The van der Waals surface area contributed by atoms with Gasteiger partial charge in [0.1, 0.15) is 17.5 Å². The van der Waals surface area contributed by atoms with Crippen LogP contribution in [0, 0.1) is 0 Å². The van der Waals surface area contributed by atoms with Crippen molar-refractivity contribution in [2.45, 2.75) is 45.2 Å². The Kier molecular flexibility index (Phi) is 9.09. The molecule has 1 unspecified atom stereocenters. The molecule has 1 amide bonds. The van der Waals surface area contributed by atoms with Crippen LogP contribution in [0.2, 0.25) is 5.02 Å². The Hall–Kier alpha value is -4.45. The number of rotatable bonds is 10. The van der Waals surface area contributed by atoms with E-state index >= 15 is 0 Å². The molecular weight excluding hydrogens is 591 g/mol. The van der Waals surface area contributed by atoms with Crippen molar-refractivity contribution >= 4 is 40.6 Å². The van der Waals surface area contributed by atoms with Gasteiger partial charge in [-0.25, -0.2) is 4.79 Å². The van der Waals surface area contributed by atoms with E-state index in [-0.39, 0.29) is 6.54 Å². The van der Waals surface area contributed by atoms with Crippen LogP contribution in [-0.2, 0) is 20.8 Å². The molecule has 9 nitrogen and oxygen atoms in total. The maximum Gasteiger partial charge on any atom is 0.573 e. The van der Waals surface area contributed by atoms with Crippen molar-refractivity contribution in [2.24, 2.45) is 5.16 Å². The van der Waals surface area contributed by atoms with Crippen molar-refractivity contribution in [1.29, 1.82) is 0 Å². The van der Waals surface area contributed by atoms with Crippen LogP contribution in [0.1, 0.15) is 43.5 Å². The van der Waals surface area contributed by atoms with Gasteiger partial charge in [0.25, 0.3) is 5.91 Å². The molecule has 1 aliphatic rings. The SMILES string of the molecule is COc1cc(NC(C(=O)N2CCc3ccc(OC(F)(F)F)cc32)c2ccc(Cl)cc2)cc(/C(C)=N/OC(C)(C)C(=O)O)c1. The number of methoxy groups -OCH3 is 1. The number of fused-ring (bicyclic) bond motifs is 1. The monoisotopic (exact) mass is 619 g/mol. The van der Waals surface area contributed by atoms with Crippen LogP contribution >= 0.6 is 11.6 Å². The van der Waals surface area contributed by atoms with Crippen molar-refractivity contribution in [1.82, 2.24) is 0 Å². The number of carbonyl (C=O) groups excluding carboxylic acids is 1. The number of aliphatic carboxylic acids is 1. The van der Waals surface area contributed by atoms with Gasteiger partial charge in [0.05, 0.1) is 18.5 Å². The van der Waals surface area contributed by atoms with E-state index < -0.39 is 35.6 Å². The maximum atomic E-state index is 14.1. The number of benzene rings is 3. The lowest BCUT2D eigenvalue weighted by atomic mass is 10.0. The quantitative estimate of drug-likeness (QED) is 0.195. The van der Waals surface area contributed by atoms with Crippen LogP contribution in [0.3, 0.4) is 0 Å². The molecule has 1 aliphatic heterocycles. The molecule has 13 heteroatoms. The average molecular weight is 620 g/mol. The van der Waals surface area contributed by atoms with Crippen LogP contribution in [0.4, 0.5) is 24.5 Å². The number of carbonyl (C=O) groups is 2. The fourth-order valence-electron chi connectivity index (χ4n) is 4.33. The van der Waals surface area contributed by atoms with E-state index in [4.69, 9.17) is 21.2 Å². The van der Waals surface area contributed by atoms with E-state index in [0.29, 0.717) is 51.0 Å². The highest BCUT2D eigenvalue weighted by Crippen LogP contribution is 2.36. The zero-order valence-corrected chi connectivity index (χ0v) is 24.4. The number of alkyl halides is 3. The van der Waals surface area contributed by atoms with Crippen LogP contribution in [0.25, 0.3) is 0 Å². The number of carboxylic acid groups (broad SMARTS) is 1. The Labute approximate surface area is 250 Å². The Morgan fingerprint density at radius 1 is 1.05 bits per heavy atom. The summed E-state index contributed by atoms with van der Waals surface area (Å²) in [5, 5.41) is 17.0. The maximum absolute atomic E-state index is 14.1. The van der Waals surface area contributed by atoms with Gasteiger partial charge in [0.2, 0.25) is 5.60 Å². The number of amides is 1. The molecule has 2 N–H and O–H groups in total. The fourth-order valence-corrected chi connectivity index (χ4v) is 4.46. The van der Waals surface area contributed by atoms with E-state index in [1.807, 2.05) is 0 Å². The summed E-state index contributed by atoms with van der Waals surface area (Å²) in [6.07, 6.45) is -4.43. The third kappa shape index (κ3) is 7.69.